The van der Waals surface area contributed by atoms with E-state index in [1.165, 1.54) is 11.8 Å². The fourth-order valence-electron chi connectivity index (χ4n) is 2.50. The van der Waals surface area contributed by atoms with Crippen molar-refractivity contribution in [2.24, 2.45) is 0 Å². The molecular weight excluding hydrogens is 370 g/mol. The Kier molecular flexibility index (Phi) is 7.66. The number of para-hydroxylation sites is 1. The van der Waals surface area contributed by atoms with Gasteiger partial charge in [-0.2, -0.15) is 0 Å². The molecule has 0 unspecified atom stereocenters. The second-order valence-corrected chi connectivity index (χ2v) is 6.91. The van der Waals surface area contributed by atoms with Crippen molar-refractivity contribution in [1.29, 1.82) is 0 Å². The van der Waals surface area contributed by atoms with Crippen LogP contribution in [-0.2, 0) is 23.9 Å². The van der Waals surface area contributed by atoms with Crippen molar-refractivity contribution >= 4 is 41.1 Å². The summed E-state index contributed by atoms with van der Waals surface area (Å²) in [5.41, 5.74) is 0.778. The number of nitrogens with zero attached hydrogens (tertiary/aromatic N) is 1. The van der Waals surface area contributed by atoms with Crippen molar-refractivity contribution in [3.8, 4) is 0 Å². The van der Waals surface area contributed by atoms with E-state index in [0.717, 1.165) is 10.6 Å². The maximum atomic E-state index is 12.1. The molecule has 0 saturated heterocycles. The van der Waals surface area contributed by atoms with Gasteiger partial charge in [0.15, 0.2) is 6.61 Å². The summed E-state index contributed by atoms with van der Waals surface area (Å²) in [4.78, 5) is 49.9. The van der Waals surface area contributed by atoms with Gasteiger partial charge in [0.25, 0.3) is 5.91 Å². The highest BCUT2D eigenvalue weighted by atomic mass is 32.2. The molecule has 2 rings (SSSR count). The van der Waals surface area contributed by atoms with Crippen LogP contribution in [0.3, 0.4) is 0 Å². The Hall–Kier alpha value is -2.55. The number of ether oxygens (including phenoxy) is 1. The standard InChI is InChI=1S/C18H23N3O5S/c1-3-19-18(25)12(2)20-15(22)10-26-17(24)8-9-21-13-6-4-5-7-14(13)27-11-16(21)23/h4-7,12H,3,8-11H2,1-2H3,(H,19,25)(H,20,22)/t12-/m0/s1. The zero-order valence-corrected chi connectivity index (χ0v) is 16.1. The fraction of sp³-hybridized carbons (Fsp3) is 0.444. The number of hydrogen-bond acceptors (Lipinski definition) is 6. The van der Waals surface area contributed by atoms with Crippen LogP contribution >= 0.6 is 11.8 Å². The molecule has 0 aliphatic carbocycles. The quantitative estimate of drug-likeness (QED) is 0.630. The van der Waals surface area contributed by atoms with E-state index in [-0.39, 0.29) is 24.8 Å². The molecule has 1 aliphatic rings. The summed E-state index contributed by atoms with van der Waals surface area (Å²) in [7, 11) is 0. The lowest BCUT2D eigenvalue weighted by Crippen LogP contribution is -2.46. The minimum atomic E-state index is -0.712. The lowest BCUT2D eigenvalue weighted by atomic mass is 10.2. The lowest BCUT2D eigenvalue weighted by Gasteiger charge is -2.28. The first-order valence-electron chi connectivity index (χ1n) is 8.67. The summed E-state index contributed by atoms with van der Waals surface area (Å²) in [6, 6.07) is 6.78. The monoisotopic (exact) mass is 393 g/mol. The van der Waals surface area contributed by atoms with Gasteiger partial charge in [-0.15, -0.1) is 11.8 Å². The van der Waals surface area contributed by atoms with Gasteiger partial charge in [-0.3, -0.25) is 19.2 Å². The molecule has 3 amide bonds. The summed E-state index contributed by atoms with van der Waals surface area (Å²) in [5, 5.41) is 5.03. The van der Waals surface area contributed by atoms with Crippen LogP contribution in [0.15, 0.2) is 29.2 Å². The molecule has 0 radical (unpaired) electrons. The number of carbonyl (C=O) groups excluding carboxylic acids is 4. The van der Waals surface area contributed by atoms with Gasteiger partial charge >= 0.3 is 5.97 Å². The molecule has 1 aromatic rings. The van der Waals surface area contributed by atoms with Crippen LogP contribution in [-0.4, -0.2) is 55.2 Å². The molecule has 0 spiro atoms. The van der Waals surface area contributed by atoms with Crippen molar-refractivity contribution in [2.45, 2.75) is 31.2 Å². The van der Waals surface area contributed by atoms with Crippen molar-refractivity contribution < 1.29 is 23.9 Å². The van der Waals surface area contributed by atoms with Gasteiger partial charge < -0.3 is 20.3 Å². The van der Waals surface area contributed by atoms with E-state index in [9.17, 15) is 19.2 Å². The molecule has 1 aliphatic heterocycles. The second kappa shape index (κ2) is 9.96. The lowest BCUT2D eigenvalue weighted by molar-refractivity contribution is -0.148. The molecule has 0 saturated carbocycles. The zero-order chi connectivity index (χ0) is 19.8. The molecule has 2 N–H and O–H groups in total. The Balaban J connectivity index is 1.77. The maximum Gasteiger partial charge on any atom is 0.308 e. The number of carbonyl (C=O) groups is 4. The van der Waals surface area contributed by atoms with Crippen molar-refractivity contribution in [1.82, 2.24) is 10.6 Å². The van der Waals surface area contributed by atoms with Crippen molar-refractivity contribution in [3.05, 3.63) is 24.3 Å². The third-order valence-corrected chi connectivity index (χ3v) is 4.88. The summed E-state index contributed by atoms with van der Waals surface area (Å²) in [6.07, 6.45) is -0.0239. The first kappa shape index (κ1) is 20.8. The number of esters is 1. The van der Waals surface area contributed by atoms with Crippen LogP contribution in [0.2, 0.25) is 0 Å². The van der Waals surface area contributed by atoms with Gasteiger partial charge in [0, 0.05) is 18.0 Å². The fourth-order valence-corrected chi connectivity index (χ4v) is 3.43. The summed E-state index contributed by atoms with van der Waals surface area (Å²) in [5.74, 6) is -1.19. The number of nitrogens with one attached hydrogen (secondary N) is 2. The third-order valence-electron chi connectivity index (χ3n) is 3.83. The molecule has 0 fully saturated rings. The second-order valence-electron chi connectivity index (χ2n) is 5.90. The Bertz CT molecular complexity index is 725. The highest BCUT2D eigenvalue weighted by Gasteiger charge is 2.25. The molecule has 146 valence electrons. The topological polar surface area (TPSA) is 105 Å². The minimum absolute atomic E-state index is 0.0239. The first-order chi connectivity index (χ1) is 12.9. The van der Waals surface area contributed by atoms with Crippen LogP contribution in [0.5, 0.6) is 0 Å². The third kappa shape index (κ3) is 5.99. The van der Waals surface area contributed by atoms with Gasteiger partial charge in [0.2, 0.25) is 11.8 Å². The molecule has 0 bridgehead atoms. The van der Waals surface area contributed by atoms with E-state index in [4.69, 9.17) is 4.74 Å². The van der Waals surface area contributed by atoms with Crippen LogP contribution in [0, 0.1) is 0 Å². The van der Waals surface area contributed by atoms with E-state index in [1.54, 1.807) is 18.7 Å². The molecule has 27 heavy (non-hydrogen) atoms. The predicted molar refractivity (Wildman–Crippen MR) is 101 cm³/mol. The van der Waals surface area contributed by atoms with E-state index < -0.39 is 24.5 Å². The number of fused-ring (bicyclic) bond motifs is 1. The van der Waals surface area contributed by atoms with Gasteiger partial charge in [0.05, 0.1) is 17.9 Å². The van der Waals surface area contributed by atoms with Crippen LogP contribution in [0.4, 0.5) is 5.69 Å². The molecule has 9 heteroatoms. The number of hydrogen-bond donors (Lipinski definition) is 2. The molecule has 0 aromatic heterocycles. The van der Waals surface area contributed by atoms with Crippen molar-refractivity contribution in [2.75, 3.05) is 30.3 Å². The largest absolute Gasteiger partial charge is 0.456 e. The Morgan fingerprint density at radius 2 is 2.04 bits per heavy atom. The normalized spacial score (nSPS) is 14.1. The van der Waals surface area contributed by atoms with Gasteiger partial charge in [-0.1, -0.05) is 12.1 Å². The molecule has 1 aromatic carbocycles. The zero-order valence-electron chi connectivity index (χ0n) is 15.3. The number of likely N-dealkylation sites (N-methyl/N-ethyl adjacent to an activating group) is 1. The number of amides is 3. The Morgan fingerprint density at radius 3 is 2.78 bits per heavy atom. The summed E-state index contributed by atoms with van der Waals surface area (Å²) < 4.78 is 4.93. The number of benzene rings is 1. The molecular formula is C18H23N3O5S. The minimum Gasteiger partial charge on any atom is -0.456 e. The van der Waals surface area contributed by atoms with Gasteiger partial charge in [0.1, 0.15) is 6.04 Å². The van der Waals surface area contributed by atoms with E-state index >= 15 is 0 Å². The average molecular weight is 393 g/mol. The maximum absolute atomic E-state index is 12.1. The molecule has 1 heterocycles. The predicted octanol–water partition coefficient (Wildman–Crippen LogP) is 0.699. The number of rotatable bonds is 8. The van der Waals surface area contributed by atoms with E-state index in [0.29, 0.717) is 12.3 Å². The summed E-state index contributed by atoms with van der Waals surface area (Å²) >= 11 is 1.47. The summed E-state index contributed by atoms with van der Waals surface area (Å²) in [6.45, 7) is 3.50. The van der Waals surface area contributed by atoms with Crippen molar-refractivity contribution in [3.63, 3.8) is 0 Å². The van der Waals surface area contributed by atoms with Gasteiger partial charge in [-0.05, 0) is 26.0 Å². The van der Waals surface area contributed by atoms with E-state index in [1.807, 2.05) is 24.3 Å². The van der Waals surface area contributed by atoms with Gasteiger partial charge in [-0.25, -0.2) is 0 Å². The van der Waals surface area contributed by atoms with Crippen LogP contribution < -0.4 is 15.5 Å². The highest BCUT2D eigenvalue weighted by Crippen LogP contribution is 2.34. The smallest absolute Gasteiger partial charge is 0.308 e. The number of anilines is 1. The SMILES string of the molecule is CCNC(=O)[C@H](C)NC(=O)COC(=O)CCN1C(=O)CSc2ccccc21. The average Bonchev–Trinajstić information content (AvgIpc) is 2.65. The Labute approximate surface area is 162 Å². The first-order valence-corrected chi connectivity index (χ1v) is 9.65. The highest BCUT2D eigenvalue weighted by molar-refractivity contribution is 8.00. The van der Waals surface area contributed by atoms with Crippen LogP contribution in [0.1, 0.15) is 20.3 Å². The molecule has 8 nitrogen and oxygen atoms in total. The Morgan fingerprint density at radius 1 is 1.30 bits per heavy atom. The number of thioether (sulfide) groups is 1. The molecule has 1 atom stereocenters. The van der Waals surface area contributed by atoms with Crippen LogP contribution in [0.25, 0.3) is 0 Å². The van der Waals surface area contributed by atoms with E-state index in [2.05, 4.69) is 10.6 Å².